The average Bonchev–Trinajstić information content (AvgIpc) is 2.87. The van der Waals surface area contributed by atoms with Crippen LogP contribution in [-0.4, -0.2) is 6.04 Å². The van der Waals surface area contributed by atoms with Crippen molar-refractivity contribution in [3.63, 3.8) is 0 Å². The van der Waals surface area contributed by atoms with Gasteiger partial charge in [0.1, 0.15) is 5.82 Å². The third-order valence-electron chi connectivity index (χ3n) is 5.05. The molecule has 2 heteroatoms. The maximum Gasteiger partial charge on any atom is 0.123 e. The molecule has 1 atom stereocenters. The normalized spacial score (nSPS) is 27.2. The molecule has 1 N–H and O–H groups in total. The van der Waals surface area contributed by atoms with E-state index in [2.05, 4.69) is 29.6 Å². The minimum atomic E-state index is -0.143. The van der Waals surface area contributed by atoms with Gasteiger partial charge in [0.05, 0.1) is 0 Å². The summed E-state index contributed by atoms with van der Waals surface area (Å²) in [6.45, 7) is 0. The van der Waals surface area contributed by atoms with E-state index in [0.29, 0.717) is 18.0 Å². The molecule has 0 heterocycles. The maximum atomic E-state index is 12.9. The van der Waals surface area contributed by atoms with Crippen LogP contribution in [0.2, 0.25) is 0 Å². The van der Waals surface area contributed by atoms with Crippen molar-refractivity contribution >= 4 is 0 Å². The molecule has 4 rings (SSSR count). The van der Waals surface area contributed by atoms with E-state index in [1.54, 1.807) is 12.1 Å². The van der Waals surface area contributed by atoms with Crippen molar-refractivity contribution in [2.24, 2.45) is 0 Å². The number of rotatable bonds is 3. The van der Waals surface area contributed by atoms with Gasteiger partial charge < -0.3 is 5.32 Å². The van der Waals surface area contributed by atoms with Crippen LogP contribution in [0.1, 0.15) is 47.9 Å². The van der Waals surface area contributed by atoms with Gasteiger partial charge in [-0.05, 0) is 60.4 Å². The van der Waals surface area contributed by atoms with Crippen LogP contribution < -0.4 is 5.32 Å². The predicted molar refractivity (Wildman–Crippen MR) is 82.8 cm³/mol. The molecule has 1 fully saturated rings. The largest absolute Gasteiger partial charge is 0.307 e. The maximum absolute atomic E-state index is 12.9. The lowest BCUT2D eigenvalue weighted by atomic mass is 9.75. The summed E-state index contributed by atoms with van der Waals surface area (Å²) in [5, 5.41) is 3.81. The van der Waals surface area contributed by atoms with E-state index >= 15 is 0 Å². The predicted octanol–water partition coefficient (Wildman–Crippen LogP) is 4.35. The Labute approximate surface area is 125 Å². The van der Waals surface area contributed by atoms with E-state index in [4.69, 9.17) is 0 Å². The molecule has 2 aromatic carbocycles. The summed E-state index contributed by atoms with van der Waals surface area (Å²) in [6, 6.07) is 16.9. The fraction of sp³-hybridized carbons (Fsp3) is 0.368. The Morgan fingerprint density at radius 2 is 1.71 bits per heavy atom. The van der Waals surface area contributed by atoms with Crippen molar-refractivity contribution in [1.29, 1.82) is 0 Å². The summed E-state index contributed by atoms with van der Waals surface area (Å²) < 4.78 is 12.9. The summed E-state index contributed by atoms with van der Waals surface area (Å²) in [4.78, 5) is 0. The van der Waals surface area contributed by atoms with Crippen LogP contribution >= 0.6 is 0 Å². The number of hydrogen-bond acceptors (Lipinski definition) is 1. The Kier molecular flexibility index (Phi) is 3.27. The fourth-order valence-electron chi connectivity index (χ4n) is 3.78. The van der Waals surface area contributed by atoms with Crippen LogP contribution in [0.5, 0.6) is 0 Å². The molecule has 0 bridgehead atoms. The molecule has 2 aliphatic rings. The van der Waals surface area contributed by atoms with Crippen molar-refractivity contribution in [3.8, 4) is 0 Å². The van der Waals surface area contributed by atoms with Gasteiger partial charge >= 0.3 is 0 Å². The zero-order valence-corrected chi connectivity index (χ0v) is 12.1. The molecule has 0 radical (unpaired) electrons. The van der Waals surface area contributed by atoms with E-state index in [-0.39, 0.29) is 5.82 Å². The number of benzene rings is 2. The Morgan fingerprint density at radius 1 is 0.952 bits per heavy atom. The van der Waals surface area contributed by atoms with Crippen LogP contribution in [-0.2, 0) is 6.42 Å². The highest BCUT2D eigenvalue weighted by molar-refractivity contribution is 5.34. The fourth-order valence-corrected chi connectivity index (χ4v) is 3.78. The number of aryl methyl sites for hydroxylation is 1. The van der Waals surface area contributed by atoms with E-state index in [9.17, 15) is 4.39 Å². The first-order valence-electron chi connectivity index (χ1n) is 7.89. The highest BCUT2D eigenvalue weighted by Crippen LogP contribution is 2.40. The van der Waals surface area contributed by atoms with Gasteiger partial charge in [-0.2, -0.15) is 0 Å². The summed E-state index contributed by atoms with van der Waals surface area (Å²) in [5.74, 6) is 0.454. The van der Waals surface area contributed by atoms with Crippen molar-refractivity contribution in [2.75, 3.05) is 0 Å². The van der Waals surface area contributed by atoms with Gasteiger partial charge in [0.2, 0.25) is 0 Å². The van der Waals surface area contributed by atoms with E-state index in [1.807, 2.05) is 12.1 Å². The lowest BCUT2D eigenvalue weighted by Crippen LogP contribution is -2.41. The molecule has 2 aliphatic carbocycles. The highest BCUT2D eigenvalue weighted by Gasteiger charge is 2.33. The van der Waals surface area contributed by atoms with Crippen molar-refractivity contribution in [2.45, 2.75) is 43.7 Å². The number of hydrogen-bond donors (Lipinski definition) is 1. The van der Waals surface area contributed by atoms with E-state index in [0.717, 1.165) is 0 Å². The van der Waals surface area contributed by atoms with Crippen molar-refractivity contribution in [1.82, 2.24) is 5.32 Å². The second kappa shape index (κ2) is 5.27. The minimum absolute atomic E-state index is 0.143. The molecule has 0 aliphatic heterocycles. The molecule has 0 aromatic heterocycles. The van der Waals surface area contributed by atoms with Crippen molar-refractivity contribution in [3.05, 3.63) is 71.0 Å². The monoisotopic (exact) mass is 281 g/mol. The first kappa shape index (κ1) is 13.0. The molecular weight excluding hydrogens is 261 g/mol. The lowest BCUT2D eigenvalue weighted by Gasteiger charge is -2.38. The second-order valence-electron chi connectivity index (χ2n) is 6.37. The third-order valence-corrected chi connectivity index (χ3v) is 5.05. The summed E-state index contributed by atoms with van der Waals surface area (Å²) in [7, 11) is 0. The highest BCUT2D eigenvalue weighted by atomic mass is 19.1. The number of halogens is 1. The van der Waals surface area contributed by atoms with Crippen LogP contribution in [0, 0.1) is 5.82 Å². The summed E-state index contributed by atoms with van der Waals surface area (Å²) in [5.41, 5.74) is 4.27. The summed E-state index contributed by atoms with van der Waals surface area (Å²) >= 11 is 0. The Morgan fingerprint density at radius 3 is 2.52 bits per heavy atom. The lowest BCUT2D eigenvalue weighted by molar-refractivity contribution is 0.264. The molecule has 0 spiro atoms. The molecule has 108 valence electrons. The first-order valence-corrected chi connectivity index (χ1v) is 7.89. The minimum Gasteiger partial charge on any atom is -0.307 e. The molecule has 2 aromatic rings. The number of nitrogens with one attached hydrogen (secondary N) is 1. The average molecular weight is 281 g/mol. The van der Waals surface area contributed by atoms with Gasteiger partial charge in [0.25, 0.3) is 0 Å². The summed E-state index contributed by atoms with van der Waals surface area (Å²) in [6.07, 6.45) is 4.76. The topological polar surface area (TPSA) is 12.0 Å². The van der Waals surface area contributed by atoms with Gasteiger partial charge in [-0.25, -0.2) is 4.39 Å². The zero-order valence-electron chi connectivity index (χ0n) is 12.1. The number of fused-ring (bicyclic) bond motifs is 1. The Hall–Kier alpha value is -1.67. The zero-order chi connectivity index (χ0) is 14.2. The second-order valence-corrected chi connectivity index (χ2v) is 6.37. The van der Waals surface area contributed by atoms with Gasteiger partial charge in [-0.1, -0.05) is 36.4 Å². The van der Waals surface area contributed by atoms with Gasteiger partial charge in [0, 0.05) is 12.1 Å². The smallest absolute Gasteiger partial charge is 0.123 e. The molecule has 1 nitrogen and oxygen atoms in total. The molecule has 0 amide bonds. The quantitative estimate of drug-likeness (QED) is 0.882. The van der Waals surface area contributed by atoms with Crippen LogP contribution in [0.3, 0.4) is 0 Å². The SMILES string of the molecule is Fc1ccc(C2CC(NC3CCc4ccccc43)C2)cc1. The third kappa shape index (κ3) is 2.49. The Bertz CT molecular complexity index is 628. The van der Waals surface area contributed by atoms with Crippen LogP contribution in [0.25, 0.3) is 0 Å². The van der Waals surface area contributed by atoms with Crippen molar-refractivity contribution < 1.29 is 4.39 Å². The Balaban J connectivity index is 1.36. The van der Waals surface area contributed by atoms with Gasteiger partial charge in [0.15, 0.2) is 0 Å². The van der Waals surface area contributed by atoms with Crippen LogP contribution in [0.4, 0.5) is 4.39 Å². The van der Waals surface area contributed by atoms with E-state index in [1.165, 1.54) is 42.4 Å². The molecule has 0 saturated heterocycles. The first-order chi connectivity index (χ1) is 10.3. The molecule has 1 saturated carbocycles. The standard InChI is InChI=1S/C19H20FN/c20-16-8-5-13(6-9-16)15-11-17(12-15)21-19-10-7-14-3-1-2-4-18(14)19/h1-6,8-9,15,17,19,21H,7,10-12H2. The van der Waals surface area contributed by atoms with Gasteiger partial charge in [-0.15, -0.1) is 0 Å². The molecule has 21 heavy (non-hydrogen) atoms. The molecular formula is C19H20FN. The van der Waals surface area contributed by atoms with Gasteiger partial charge in [-0.3, -0.25) is 0 Å². The van der Waals surface area contributed by atoms with Crippen LogP contribution in [0.15, 0.2) is 48.5 Å². The molecule has 1 unspecified atom stereocenters. The van der Waals surface area contributed by atoms with E-state index < -0.39 is 0 Å².